The van der Waals surface area contributed by atoms with Gasteiger partial charge in [0.15, 0.2) is 0 Å². The van der Waals surface area contributed by atoms with Crippen molar-refractivity contribution in [2.45, 2.75) is 0 Å². The van der Waals surface area contributed by atoms with Gasteiger partial charge in [0.25, 0.3) is 0 Å². The molecule has 0 aliphatic carbocycles. The first-order chi connectivity index (χ1) is 25.8. The monoisotopic (exact) mass is 658 g/mol. The third-order valence-electron chi connectivity index (χ3n) is 10.7. The lowest BCUT2D eigenvalue weighted by Gasteiger charge is -2.21. The Morgan fingerprint density at radius 1 is 0.212 bits per heavy atom. The molecule has 0 atom stereocenters. The highest BCUT2D eigenvalue weighted by Gasteiger charge is 2.21. The van der Waals surface area contributed by atoms with Crippen LogP contribution in [-0.2, 0) is 0 Å². The van der Waals surface area contributed by atoms with E-state index < -0.39 is 0 Å². The molecule has 0 aliphatic rings. The third-order valence-corrected chi connectivity index (χ3v) is 10.7. The topological polar surface area (TPSA) is 0 Å². The van der Waals surface area contributed by atoms with E-state index in [-0.39, 0.29) is 0 Å². The highest BCUT2D eigenvalue weighted by molar-refractivity contribution is 6.26. The smallest absolute Gasteiger partial charge is 0.00141 e. The van der Waals surface area contributed by atoms with Crippen molar-refractivity contribution in [3.63, 3.8) is 0 Å². The van der Waals surface area contributed by atoms with Crippen LogP contribution in [0.3, 0.4) is 0 Å². The Labute approximate surface area is 303 Å². The standard InChI is InChI=1S/C52H34/c1-2-14-35(15-3-1)40-20-10-21-41(34-40)50-47-24-8-9-25-48(47)51(46-28-12-19-37-17-5-7-23-44(37)46)49-29-13-27-45(52(49)50)39-32-30-38(31-33-39)43-26-11-18-36-16-4-6-22-42(36)43/h1-34H. The van der Waals surface area contributed by atoms with Crippen molar-refractivity contribution in [3.8, 4) is 55.6 Å². The van der Waals surface area contributed by atoms with Crippen LogP contribution < -0.4 is 0 Å². The first-order valence-corrected chi connectivity index (χ1v) is 18.0. The lowest BCUT2D eigenvalue weighted by Crippen LogP contribution is -1.94. The molecule has 0 aliphatic heterocycles. The molecule has 0 spiro atoms. The molecule has 0 saturated heterocycles. The van der Waals surface area contributed by atoms with Crippen molar-refractivity contribution in [1.29, 1.82) is 0 Å². The molecule has 0 radical (unpaired) electrons. The molecule has 0 heterocycles. The van der Waals surface area contributed by atoms with Gasteiger partial charge in [0.1, 0.15) is 0 Å². The fourth-order valence-electron chi connectivity index (χ4n) is 8.29. The Morgan fingerprint density at radius 2 is 0.654 bits per heavy atom. The van der Waals surface area contributed by atoms with Gasteiger partial charge in [0.2, 0.25) is 0 Å². The Bertz CT molecular complexity index is 2920. The predicted molar refractivity (Wildman–Crippen MR) is 224 cm³/mol. The van der Waals surface area contributed by atoms with Crippen molar-refractivity contribution >= 4 is 43.1 Å². The molecule has 0 saturated carbocycles. The van der Waals surface area contributed by atoms with Crippen molar-refractivity contribution < 1.29 is 0 Å². The van der Waals surface area contributed by atoms with Crippen molar-refractivity contribution in [2.24, 2.45) is 0 Å². The molecule has 0 fully saturated rings. The molecule has 242 valence electrons. The number of benzene rings is 10. The maximum absolute atomic E-state index is 2.37. The van der Waals surface area contributed by atoms with E-state index in [1.54, 1.807) is 0 Å². The zero-order valence-electron chi connectivity index (χ0n) is 28.6. The van der Waals surface area contributed by atoms with Gasteiger partial charge in [-0.15, -0.1) is 0 Å². The summed E-state index contributed by atoms with van der Waals surface area (Å²) in [5, 5.41) is 10.1. The fraction of sp³-hybridized carbons (Fsp3) is 0. The second-order valence-electron chi connectivity index (χ2n) is 13.6. The largest absolute Gasteiger partial charge is 0.0622 e. The van der Waals surface area contributed by atoms with Gasteiger partial charge >= 0.3 is 0 Å². The minimum Gasteiger partial charge on any atom is -0.0622 e. The minimum atomic E-state index is 1.20. The van der Waals surface area contributed by atoms with E-state index in [1.165, 1.54) is 98.7 Å². The highest BCUT2D eigenvalue weighted by Crippen LogP contribution is 2.48. The zero-order valence-corrected chi connectivity index (χ0v) is 28.6. The average Bonchev–Trinajstić information content (AvgIpc) is 3.22. The molecule has 0 unspecified atom stereocenters. The van der Waals surface area contributed by atoms with E-state index in [2.05, 4.69) is 206 Å². The van der Waals surface area contributed by atoms with Gasteiger partial charge in [-0.3, -0.25) is 0 Å². The van der Waals surface area contributed by atoms with E-state index in [0.29, 0.717) is 0 Å². The van der Waals surface area contributed by atoms with Crippen molar-refractivity contribution in [2.75, 3.05) is 0 Å². The molecule has 0 nitrogen and oxygen atoms in total. The molecule has 10 aromatic rings. The summed E-state index contributed by atoms with van der Waals surface area (Å²) in [7, 11) is 0. The molecule has 10 rings (SSSR count). The molecule has 0 amide bonds. The maximum atomic E-state index is 2.37. The summed E-state index contributed by atoms with van der Waals surface area (Å²) in [5.41, 5.74) is 12.4. The van der Waals surface area contributed by atoms with Crippen LogP contribution in [0.2, 0.25) is 0 Å². The number of fused-ring (bicyclic) bond motifs is 4. The maximum Gasteiger partial charge on any atom is -0.00141 e. The second-order valence-corrected chi connectivity index (χ2v) is 13.6. The molecule has 0 aromatic heterocycles. The van der Waals surface area contributed by atoms with Gasteiger partial charge in [-0.05, 0) is 105 Å². The Kier molecular flexibility index (Phi) is 7.25. The average molecular weight is 659 g/mol. The van der Waals surface area contributed by atoms with E-state index in [1.807, 2.05) is 0 Å². The number of rotatable bonds is 5. The number of hydrogen-bond donors (Lipinski definition) is 0. The normalized spacial score (nSPS) is 11.5. The number of hydrogen-bond acceptors (Lipinski definition) is 0. The minimum absolute atomic E-state index is 1.20. The van der Waals surface area contributed by atoms with Crippen LogP contribution in [0.5, 0.6) is 0 Å². The molecule has 10 aromatic carbocycles. The Balaban J connectivity index is 1.28. The van der Waals surface area contributed by atoms with E-state index in [4.69, 9.17) is 0 Å². The van der Waals surface area contributed by atoms with Crippen LogP contribution in [-0.4, -0.2) is 0 Å². The van der Waals surface area contributed by atoms with Gasteiger partial charge < -0.3 is 0 Å². The molecule has 0 heteroatoms. The van der Waals surface area contributed by atoms with E-state index >= 15 is 0 Å². The lowest BCUT2D eigenvalue weighted by atomic mass is 9.81. The van der Waals surface area contributed by atoms with Gasteiger partial charge in [0.05, 0.1) is 0 Å². The Hall–Kier alpha value is -6.76. The Morgan fingerprint density at radius 3 is 1.37 bits per heavy atom. The molecular weight excluding hydrogens is 625 g/mol. The van der Waals surface area contributed by atoms with Gasteiger partial charge in [-0.2, -0.15) is 0 Å². The fourth-order valence-corrected chi connectivity index (χ4v) is 8.29. The van der Waals surface area contributed by atoms with E-state index in [0.717, 1.165) is 0 Å². The third kappa shape index (κ3) is 5.00. The summed E-state index contributed by atoms with van der Waals surface area (Å²) in [5.74, 6) is 0. The van der Waals surface area contributed by atoms with Crippen molar-refractivity contribution in [3.05, 3.63) is 206 Å². The molecule has 0 bridgehead atoms. The van der Waals surface area contributed by atoms with E-state index in [9.17, 15) is 0 Å². The summed E-state index contributed by atoms with van der Waals surface area (Å²) in [6, 6.07) is 75.6. The van der Waals surface area contributed by atoms with Crippen LogP contribution in [0.25, 0.3) is 98.7 Å². The SMILES string of the molecule is c1ccc(-c2cccc(-c3c4ccccc4c(-c4cccc5ccccc45)c4cccc(-c5ccc(-c6cccc7ccccc67)cc5)c34)c2)cc1. The zero-order chi connectivity index (χ0) is 34.4. The van der Waals surface area contributed by atoms with Crippen molar-refractivity contribution in [1.82, 2.24) is 0 Å². The second kappa shape index (κ2) is 12.5. The van der Waals surface area contributed by atoms with Gasteiger partial charge in [-0.25, -0.2) is 0 Å². The van der Waals surface area contributed by atoms with Crippen LogP contribution in [0.1, 0.15) is 0 Å². The molecule has 52 heavy (non-hydrogen) atoms. The van der Waals surface area contributed by atoms with Crippen LogP contribution in [0.4, 0.5) is 0 Å². The summed E-state index contributed by atoms with van der Waals surface area (Å²) in [4.78, 5) is 0. The highest BCUT2D eigenvalue weighted by atomic mass is 14.2. The molecule has 0 N–H and O–H groups in total. The van der Waals surface area contributed by atoms with Gasteiger partial charge in [-0.1, -0.05) is 200 Å². The van der Waals surface area contributed by atoms with Crippen LogP contribution >= 0.6 is 0 Å². The predicted octanol–water partition coefficient (Wildman–Crippen LogP) is 14.6. The van der Waals surface area contributed by atoms with Gasteiger partial charge in [0, 0.05) is 0 Å². The molecular formula is C52H34. The van der Waals surface area contributed by atoms with Crippen LogP contribution in [0.15, 0.2) is 206 Å². The van der Waals surface area contributed by atoms with Crippen LogP contribution in [0, 0.1) is 0 Å². The lowest BCUT2D eigenvalue weighted by molar-refractivity contribution is 1.60. The summed E-state index contributed by atoms with van der Waals surface area (Å²) in [6.45, 7) is 0. The summed E-state index contributed by atoms with van der Waals surface area (Å²) >= 11 is 0. The first kappa shape index (κ1) is 30.1. The quantitative estimate of drug-likeness (QED) is 0.161. The summed E-state index contributed by atoms with van der Waals surface area (Å²) in [6.07, 6.45) is 0. The summed E-state index contributed by atoms with van der Waals surface area (Å²) < 4.78 is 0. The first-order valence-electron chi connectivity index (χ1n) is 18.0.